The fourth-order valence-corrected chi connectivity index (χ4v) is 1.36. The van der Waals surface area contributed by atoms with Crippen molar-refractivity contribution in [1.29, 1.82) is 0 Å². The van der Waals surface area contributed by atoms with Gasteiger partial charge in [0.1, 0.15) is 5.82 Å². The van der Waals surface area contributed by atoms with Gasteiger partial charge in [0, 0.05) is 4.90 Å². The van der Waals surface area contributed by atoms with Crippen LogP contribution in [0.5, 0.6) is 0 Å². The van der Waals surface area contributed by atoms with Crippen LogP contribution in [0.3, 0.4) is 0 Å². The standard InChI is InChI=1S/C6H4ClFO2S/c7-5-3-4(8)1-2-6(5)11(9)10/h1-3H,(H,9,10)/p-1. The van der Waals surface area contributed by atoms with E-state index >= 15 is 0 Å². The van der Waals surface area contributed by atoms with Crippen molar-refractivity contribution in [2.75, 3.05) is 0 Å². The van der Waals surface area contributed by atoms with E-state index in [1.807, 2.05) is 0 Å². The second kappa shape index (κ2) is 3.30. The third kappa shape index (κ3) is 1.99. The smallest absolute Gasteiger partial charge is 0.124 e. The Morgan fingerprint density at radius 2 is 2.18 bits per heavy atom. The van der Waals surface area contributed by atoms with Crippen molar-refractivity contribution >= 4 is 22.7 Å². The third-order valence-electron chi connectivity index (χ3n) is 1.07. The first-order chi connectivity index (χ1) is 5.11. The highest BCUT2D eigenvalue weighted by Crippen LogP contribution is 2.19. The molecule has 1 aromatic rings. The number of halogens is 2. The molecule has 5 heteroatoms. The molecule has 0 bridgehead atoms. The molecule has 11 heavy (non-hydrogen) atoms. The van der Waals surface area contributed by atoms with E-state index < -0.39 is 16.9 Å². The predicted molar refractivity (Wildman–Crippen MR) is 38.6 cm³/mol. The van der Waals surface area contributed by atoms with Crippen molar-refractivity contribution in [2.24, 2.45) is 0 Å². The molecule has 0 spiro atoms. The zero-order valence-electron chi connectivity index (χ0n) is 5.21. The minimum absolute atomic E-state index is 0.0898. The molecule has 0 heterocycles. The zero-order valence-corrected chi connectivity index (χ0v) is 6.79. The molecule has 0 fully saturated rings. The Balaban J connectivity index is 3.20. The van der Waals surface area contributed by atoms with Crippen LogP contribution in [0.2, 0.25) is 5.02 Å². The first-order valence-electron chi connectivity index (χ1n) is 2.65. The molecule has 1 rings (SSSR count). The normalized spacial score (nSPS) is 13.0. The van der Waals surface area contributed by atoms with Crippen molar-refractivity contribution in [2.45, 2.75) is 4.90 Å². The average molecular weight is 194 g/mol. The van der Waals surface area contributed by atoms with Crippen LogP contribution in [-0.2, 0) is 11.1 Å². The van der Waals surface area contributed by atoms with Gasteiger partial charge < -0.3 is 4.55 Å². The number of hydrogen-bond acceptors (Lipinski definition) is 2. The number of hydrogen-bond donors (Lipinski definition) is 0. The highest BCUT2D eigenvalue weighted by atomic mass is 35.5. The van der Waals surface area contributed by atoms with E-state index in [2.05, 4.69) is 0 Å². The van der Waals surface area contributed by atoms with E-state index in [9.17, 15) is 13.2 Å². The summed E-state index contributed by atoms with van der Waals surface area (Å²) in [5.74, 6) is -0.552. The summed E-state index contributed by atoms with van der Waals surface area (Å²) < 4.78 is 33.0. The van der Waals surface area contributed by atoms with Crippen LogP contribution < -0.4 is 0 Å². The molecule has 0 aliphatic rings. The predicted octanol–water partition coefficient (Wildman–Crippen LogP) is 1.72. The van der Waals surface area contributed by atoms with Gasteiger partial charge in [0.2, 0.25) is 0 Å². The van der Waals surface area contributed by atoms with Crippen molar-refractivity contribution in [1.82, 2.24) is 0 Å². The molecular weight excluding hydrogens is 191 g/mol. The molecule has 1 aromatic carbocycles. The fourth-order valence-electron chi connectivity index (χ4n) is 0.610. The molecule has 0 saturated heterocycles. The monoisotopic (exact) mass is 193 g/mol. The SMILES string of the molecule is O=S([O-])c1ccc(F)cc1Cl. The van der Waals surface area contributed by atoms with Gasteiger partial charge in [0.25, 0.3) is 0 Å². The lowest BCUT2D eigenvalue weighted by molar-refractivity contribution is 0.536. The van der Waals surface area contributed by atoms with Crippen molar-refractivity contribution in [3.8, 4) is 0 Å². The van der Waals surface area contributed by atoms with Gasteiger partial charge in [-0.3, -0.25) is 4.21 Å². The topological polar surface area (TPSA) is 40.1 Å². The molecule has 0 aliphatic carbocycles. The van der Waals surface area contributed by atoms with E-state index in [4.69, 9.17) is 11.6 Å². The molecule has 0 aliphatic heterocycles. The zero-order chi connectivity index (χ0) is 8.43. The molecule has 2 nitrogen and oxygen atoms in total. The van der Waals surface area contributed by atoms with Crippen LogP contribution in [0.25, 0.3) is 0 Å². The Bertz CT molecular complexity index is 303. The van der Waals surface area contributed by atoms with E-state index in [-0.39, 0.29) is 9.92 Å². The Morgan fingerprint density at radius 3 is 2.64 bits per heavy atom. The molecule has 0 aromatic heterocycles. The molecule has 0 saturated carbocycles. The summed E-state index contributed by atoms with van der Waals surface area (Å²) in [4.78, 5) is -0.0898. The summed E-state index contributed by atoms with van der Waals surface area (Å²) in [7, 11) is 0. The summed E-state index contributed by atoms with van der Waals surface area (Å²) in [6.45, 7) is 0. The first-order valence-corrected chi connectivity index (χ1v) is 4.11. The Labute approximate surface area is 70.3 Å². The van der Waals surface area contributed by atoms with Crippen molar-refractivity contribution in [3.05, 3.63) is 29.0 Å². The van der Waals surface area contributed by atoms with Crippen LogP contribution in [0.1, 0.15) is 0 Å². The molecule has 0 N–H and O–H groups in total. The van der Waals surface area contributed by atoms with E-state index in [0.717, 1.165) is 18.2 Å². The maximum atomic E-state index is 12.3. The largest absolute Gasteiger partial charge is 0.768 e. The number of benzene rings is 1. The van der Waals surface area contributed by atoms with E-state index in [1.165, 1.54) is 0 Å². The van der Waals surface area contributed by atoms with E-state index in [1.54, 1.807) is 0 Å². The quantitative estimate of drug-likeness (QED) is 0.638. The third-order valence-corrected chi connectivity index (χ3v) is 2.21. The summed E-state index contributed by atoms with van der Waals surface area (Å²) in [6, 6.07) is 3.10. The minimum atomic E-state index is -2.40. The van der Waals surface area contributed by atoms with Gasteiger partial charge in [-0.25, -0.2) is 4.39 Å². The highest BCUT2D eigenvalue weighted by molar-refractivity contribution is 7.79. The Hall–Kier alpha value is -0.450. The maximum absolute atomic E-state index is 12.3. The van der Waals surface area contributed by atoms with Gasteiger partial charge >= 0.3 is 0 Å². The summed E-state index contributed by atoms with van der Waals surface area (Å²) in [5.41, 5.74) is 0. The molecule has 60 valence electrons. The van der Waals surface area contributed by atoms with Crippen LogP contribution in [0.4, 0.5) is 4.39 Å². The van der Waals surface area contributed by atoms with Gasteiger partial charge in [0.15, 0.2) is 0 Å². The van der Waals surface area contributed by atoms with Gasteiger partial charge in [-0.2, -0.15) is 0 Å². The van der Waals surface area contributed by atoms with Gasteiger partial charge in [0.05, 0.1) is 5.02 Å². The van der Waals surface area contributed by atoms with Crippen LogP contribution in [0, 0.1) is 5.82 Å². The van der Waals surface area contributed by atoms with Crippen LogP contribution >= 0.6 is 11.6 Å². The maximum Gasteiger partial charge on any atom is 0.124 e. The number of rotatable bonds is 1. The first kappa shape index (κ1) is 8.64. The lowest BCUT2D eigenvalue weighted by atomic mass is 10.3. The fraction of sp³-hybridized carbons (Fsp3) is 0. The Morgan fingerprint density at radius 1 is 1.55 bits per heavy atom. The summed E-state index contributed by atoms with van der Waals surface area (Å²) in [5, 5.41) is -0.0988. The highest BCUT2D eigenvalue weighted by Gasteiger charge is 2.00. The van der Waals surface area contributed by atoms with E-state index in [0.29, 0.717) is 0 Å². The summed E-state index contributed by atoms with van der Waals surface area (Å²) in [6.07, 6.45) is 0. The Kier molecular flexibility index (Phi) is 2.59. The van der Waals surface area contributed by atoms with Gasteiger partial charge in [-0.15, -0.1) is 0 Å². The van der Waals surface area contributed by atoms with Gasteiger partial charge in [-0.05, 0) is 29.3 Å². The summed E-state index contributed by atoms with van der Waals surface area (Å²) >= 11 is 2.99. The second-order valence-corrected chi connectivity index (χ2v) is 3.13. The van der Waals surface area contributed by atoms with Crippen LogP contribution in [0.15, 0.2) is 23.1 Å². The second-order valence-electron chi connectivity index (χ2n) is 1.81. The molecule has 1 atom stereocenters. The molecular formula is C6H3ClFO2S-. The minimum Gasteiger partial charge on any atom is -0.768 e. The molecule has 0 radical (unpaired) electrons. The van der Waals surface area contributed by atoms with Crippen molar-refractivity contribution in [3.63, 3.8) is 0 Å². The molecule has 1 unspecified atom stereocenters. The lowest BCUT2D eigenvalue weighted by Gasteiger charge is -2.05. The van der Waals surface area contributed by atoms with Gasteiger partial charge in [-0.1, -0.05) is 11.6 Å². The van der Waals surface area contributed by atoms with Crippen LogP contribution in [-0.4, -0.2) is 8.76 Å². The molecule has 0 amide bonds. The lowest BCUT2D eigenvalue weighted by Crippen LogP contribution is -1.90. The average Bonchev–Trinajstić information content (AvgIpc) is 1.85. The van der Waals surface area contributed by atoms with Crippen molar-refractivity contribution < 1.29 is 13.2 Å².